The molecular formula is C15H25N3. The van der Waals surface area contributed by atoms with E-state index >= 15 is 0 Å². The van der Waals surface area contributed by atoms with Crippen molar-refractivity contribution in [1.82, 2.24) is 0 Å². The van der Waals surface area contributed by atoms with Gasteiger partial charge in [0.1, 0.15) is 0 Å². The van der Waals surface area contributed by atoms with Gasteiger partial charge in [0.15, 0.2) is 0 Å². The van der Waals surface area contributed by atoms with Crippen molar-refractivity contribution in [3.63, 3.8) is 0 Å². The van der Waals surface area contributed by atoms with Gasteiger partial charge in [0.2, 0.25) is 0 Å². The Bertz CT molecular complexity index is 416. The number of nitrogens with zero attached hydrogens (tertiary/aromatic N) is 1. The van der Waals surface area contributed by atoms with Crippen LogP contribution in [0.25, 0.3) is 0 Å². The van der Waals surface area contributed by atoms with E-state index in [1.165, 1.54) is 31.4 Å². The van der Waals surface area contributed by atoms with Crippen molar-refractivity contribution in [2.24, 2.45) is 5.41 Å². The Kier molecular flexibility index (Phi) is 3.42. The van der Waals surface area contributed by atoms with E-state index in [0.29, 0.717) is 22.8 Å². The molecule has 0 spiro atoms. The minimum Gasteiger partial charge on any atom is -0.397 e. The Morgan fingerprint density at radius 3 is 2.28 bits per heavy atom. The van der Waals surface area contributed by atoms with Gasteiger partial charge in [-0.05, 0) is 49.3 Å². The first-order chi connectivity index (χ1) is 8.39. The van der Waals surface area contributed by atoms with Gasteiger partial charge in [0, 0.05) is 18.8 Å². The smallest absolute Gasteiger partial charge is 0.0568 e. The van der Waals surface area contributed by atoms with Gasteiger partial charge in [-0.3, -0.25) is 0 Å². The highest BCUT2D eigenvalue weighted by Gasteiger charge is 2.28. The first-order valence-electron chi connectivity index (χ1n) is 6.77. The molecule has 1 saturated carbocycles. The number of rotatable bonds is 2. The first kappa shape index (κ1) is 13.1. The molecule has 1 fully saturated rings. The molecule has 0 atom stereocenters. The summed E-state index contributed by atoms with van der Waals surface area (Å²) in [6.07, 6.45) is 5.11. The lowest BCUT2D eigenvalue weighted by Crippen LogP contribution is -2.37. The number of hydrogen-bond acceptors (Lipinski definition) is 3. The highest BCUT2D eigenvalue weighted by Crippen LogP contribution is 2.38. The van der Waals surface area contributed by atoms with Gasteiger partial charge in [-0.2, -0.15) is 0 Å². The van der Waals surface area contributed by atoms with Gasteiger partial charge in [-0.15, -0.1) is 0 Å². The second-order valence-corrected chi connectivity index (χ2v) is 6.32. The fraction of sp³-hybridized carbons (Fsp3) is 0.600. The molecule has 1 aliphatic carbocycles. The second kappa shape index (κ2) is 4.71. The first-order valence-corrected chi connectivity index (χ1v) is 6.77. The molecule has 0 heterocycles. The van der Waals surface area contributed by atoms with Crippen LogP contribution >= 0.6 is 0 Å². The molecule has 1 aliphatic rings. The van der Waals surface area contributed by atoms with E-state index in [1.54, 1.807) is 0 Å². The van der Waals surface area contributed by atoms with Gasteiger partial charge in [0.05, 0.1) is 11.4 Å². The summed E-state index contributed by atoms with van der Waals surface area (Å²) in [7, 11) is 2.16. The van der Waals surface area contributed by atoms with Crippen LogP contribution in [-0.4, -0.2) is 13.1 Å². The fourth-order valence-corrected chi connectivity index (χ4v) is 2.76. The lowest BCUT2D eigenvalue weighted by Gasteiger charge is -2.39. The average molecular weight is 247 g/mol. The van der Waals surface area contributed by atoms with Crippen molar-refractivity contribution in [3.05, 3.63) is 18.2 Å². The standard InChI is InChI=1S/C15H25N3/c1-15(2)8-6-11(7-9-15)18(3)12-4-5-13(16)14(17)10-12/h4-5,10-11H,6-9,16-17H2,1-3H3. The third kappa shape index (κ3) is 2.71. The lowest BCUT2D eigenvalue weighted by molar-refractivity contribution is 0.222. The summed E-state index contributed by atoms with van der Waals surface area (Å²) in [6.45, 7) is 4.73. The minimum atomic E-state index is 0.511. The number of nitrogen functional groups attached to an aromatic ring is 2. The maximum atomic E-state index is 5.88. The monoisotopic (exact) mass is 247 g/mol. The van der Waals surface area contributed by atoms with Crippen molar-refractivity contribution in [1.29, 1.82) is 0 Å². The Hall–Kier alpha value is -1.38. The van der Waals surface area contributed by atoms with Crippen LogP contribution in [0.4, 0.5) is 17.1 Å². The molecule has 0 radical (unpaired) electrons. The van der Waals surface area contributed by atoms with Crippen molar-refractivity contribution >= 4 is 17.1 Å². The normalized spacial score (nSPS) is 19.7. The number of nitrogens with two attached hydrogens (primary N) is 2. The molecule has 1 aromatic rings. The van der Waals surface area contributed by atoms with Gasteiger partial charge in [-0.1, -0.05) is 13.8 Å². The zero-order valence-electron chi connectivity index (χ0n) is 11.7. The summed E-state index contributed by atoms with van der Waals surface area (Å²) in [4.78, 5) is 2.35. The topological polar surface area (TPSA) is 55.3 Å². The summed E-state index contributed by atoms with van der Waals surface area (Å²) < 4.78 is 0. The largest absolute Gasteiger partial charge is 0.397 e. The Labute approximate surface area is 110 Å². The van der Waals surface area contributed by atoms with Crippen molar-refractivity contribution < 1.29 is 0 Å². The number of hydrogen-bond donors (Lipinski definition) is 2. The molecule has 2 rings (SSSR count). The summed E-state index contributed by atoms with van der Waals surface area (Å²) in [5, 5.41) is 0. The molecular weight excluding hydrogens is 222 g/mol. The van der Waals surface area contributed by atoms with Crippen molar-refractivity contribution in [3.8, 4) is 0 Å². The maximum Gasteiger partial charge on any atom is 0.0568 e. The Morgan fingerprint density at radius 1 is 1.11 bits per heavy atom. The SMILES string of the molecule is CN(c1ccc(N)c(N)c1)C1CCC(C)(C)CC1. The zero-order valence-corrected chi connectivity index (χ0v) is 11.7. The molecule has 0 bridgehead atoms. The van der Waals surface area contributed by atoms with Gasteiger partial charge < -0.3 is 16.4 Å². The molecule has 1 aromatic carbocycles. The molecule has 18 heavy (non-hydrogen) atoms. The summed E-state index contributed by atoms with van der Waals surface area (Å²) in [5.74, 6) is 0. The predicted molar refractivity (Wildman–Crippen MR) is 79.7 cm³/mol. The van der Waals surface area contributed by atoms with Crippen LogP contribution in [0.5, 0.6) is 0 Å². The molecule has 100 valence electrons. The van der Waals surface area contributed by atoms with E-state index in [-0.39, 0.29) is 0 Å². The minimum absolute atomic E-state index is 0.511. The molecule has 0 unspecified atom stereocenters. The van der Waals surface area contributed by atoms with Crippen LogP contribution in [0.1, 0.15) is 39.5 Å². The van der Waals surface area contributed by atoms with Crippen LogP contribution in [0, 0.1) is 5.41 Å². The fourth-order valence-electron chi connectivity index (χ4n) is 2.76. The molecule has 0 aliphatic heterocycles. The molecule has 3 heteroatoms. The summed E-state index contributed by atoms with van der Waals surface area (Å²) in [5.41, 5.74) is 14.7. The third-order valence-corrected chi connectivity index (χ3v) is 4.33. The van der Waals surface area contributed by atoms with E-state index in [1.807, 2.05) is 12.1 Å². The lowest BCUT2D eigenvalue weighted by atomic mass is 9.75. The van der Waals surface area contributed by atoms with Crippen molar-refractivity contribution in [2.75, 3.05) is 23.4 Å². The molecule has 3 nitrogen and oxygen atoms in total. The Balaban J connectivity index is 2.07. The third-order valence-electron chi connectivity index (χ3n) is 4.33. The van der Waals surface area contributed by atoms with E-state index in [2.05, 4.69) is 31.9 Å². The van der Waals surface area contributed by atoms with Gasteiger partial charge in [-0.25, -0.2) is 0 Å². The van der Waals surface area contributed by atoms with Crippen LogP contribution in [0.2, 0.25) is 0 Å². The van der Waals surface area contributed by atoms with E-state index in [4.69, 9.17) is 11.5 Å². The van der Waals surface area contributed by atoms with Crippen molar-refractivity contribution in [2.45, 2.75) is 45.6 Å². The van der Waals surface area contributed by atoms with E-state index in [0.717, 1.165) is 0 Å². The highest BCUT2D eigenvalue weighted by atomic mass is 15.1. The van der Waals surface area contributed by atoms with Gasteiger partial charge >= 0.3 is 0 Å². The molecule has 0 saturated heterocycles. The predicted octanol–water partition coefficient (Wildman–Crippen LogP) is 3.26. The average Bonchev–Trinajstić information content (AvgIpc) is 2.32. The van der Waals surface area contributed by atoms with E-state index in [9.17, 15) is 0 Å². The van der Waals surface area contributed by atoms with Crippen LogP contribution in [0.3, 0.4) is 0 Å². The van der Waals surface area contributed by atoms with Crippen LogP contribution < -0.4 is 16.4 Å². The quantitative estimate of drug-likeness (QED) is 0.789. The molecule has 4 N–H and O–H groups in total. The number of benzene rings is 1. The highest BCUT2D eigenvalue weighted by molar-refractivity contribution is 5.69. The van der Waals surface area contributed by atoms with Gasteiger partial charge in [0.25, 0.3) is 0 Å². The summed E-state index contributed by atoms with van der Waals surface area (Å²) >= 11 is 0. The van der Waals surface area contributed by atoms with E-state index < -0.39 is 0 Å². The maximum absolute atomic E-state index is 5.88. The molecule has 0 amide bonds. The van der Waals surface area contributed by atoms with Crippen LogP contribution in [-0.2, 0) is 0 Å². The number of anilines is 3. The summed E-state index contributed by atoms with van der Waals surface area (Å²) in [6, 6.07) is 6.56. The van der Waals surface area contributed by atoms with Crippen LogP contribution in [0.15, 0.2) is 18.2 Å². The Morgan fingerprint density at radius 2 is 1.72 bits per heavy atom. The molecule has 0 aromatic heterocycles. The second-order valence-electron chi connectivity index (χ2n) is 6.32. The zero-order chi connectivity index (χ0) is 13.3.